The van der Waals surface area contributed by atoms with E-state index in [-0.39, 0.29) is 11.8 Å². The van der Waals surface area contributed by atoms with Crippen molar-refractivity contribution in [3.05, 3.63) is 12.3 Å². The van der Waals surface area contributed by atoms with E-state index in [1.807, 2.05) is 0 Å². The highest BCUT2D eigenvalue weighted by Crippen LogP contribution is 2.01. The summed E-state index contributed by atoms with van der Waals surface area (Å²) in [5, 5.41) is 17.0. The number of nitrogens with two attached hydrogens (primary N) is 1. The number of aliphatic hydroxyl groups is 1. The average Bonchev–Trinajstić information content (AvgIpc) is 2.32. The summed E-state index contributed by atoms with van der Waals surface area (Å²) in [5.74, 6) is 0. The van der Waals surface area contributed by atoms with E-state index in [1.54, 1.807) is 0 Å². The van der Waals surface area contributed by atoms with Gasteiger partial charge < -0.3 is 5.11 Å². The van der Waals surface area contributed by atoms with Gasteiger partial charge in [-0.05, 0) is 6.07 Å². The number of rotatable bonds is 2. The van der Waals surface area contributed by atoms with Gasteiger partial charge in [-0.15, -0.1) is 0 Å². The molecule has 1 atom stereocenters. The molecule has 0 aromatic carbocycles. The Morgan fingerprint density at radius 2 is 2.55 bits per heavy atom. The number of nitrogens with one attached hydrogen (secondary N) is 1. The third-order valence-corrected chi connectivity index (χ3v) is 1.91. The van der Waals surface area contributed by atoms with E-state index in [4.69, 9.17) is 15.0 Å². The quantitative estimate of drug-likeness (QED) is 0.544. The van der Waals surface area contributed by atoms with Crippen LogP contribution in [-0.4, -0.2) is 19.1 Å². The van der Waals surface area contributed by atoms with Crippen molar-refractivity contribution in [3.8, 4) is 0 Å². The van der Waals surface area contributed by atoms with Crippen LogP contribution in [0.25, 0.3) is 0 Å². The molecule has 7 heteroatoms. The third-order valence-electron chi connectivity index (χ3n) is 1.07. The third kappa shape index (κ3) is 1.76. The molecule has 1 rings (SSSR count). The van der Waals surface area contributed by atoms with Crippen LogP contribution in [0.5, 0.6) is 0 Å². The smallest absolute Gasteiger partial charge is 0.172 e. The molecular weight excluding hydrogens is 168 g/mol. The molecule has 0 saturated carbocycles. The zero-order valence-corrected chi connectivity index (χ0v) is 6.41. The molecule has 1 aromatic rings. The maximum absolute atomic E-state index is 10.8. The molecule has 1 aromatic heterocycles. The lowest BCUT2D eigenvalue weighted by Crippen LogP contribution is -2.11. The number of nitrogens with zero attached hydrogens (tertiary/aromatic N) is 2. The van der Waals surface area contributed by atoms with Crippen LogP contribution >= 0.6 is 0 Å². The van der Waals surface area contributed by atoms with Crippen LogP contribution in [0.4, 0.5) is 0 Å². The van der Waals surface area contributed by atoms with E-state index >= 15 is 0 Å². The van der Waals surface area contributed by atoms with Gasteiger partial charge in [0, 0.05) is 6.20 Å². The Morgan fingerprint density at radius 1 is 1.91 bits per heavy atom. The van der Waals surface area contributed by atoms with Crippen LogP contribution in [0.2, 0.25) is 0 Å². The molecule has 0 saturated heterocycles. The van der Waals surface area contributed by atoms with Gasteiger partial charge in [-0.25, -0.2) is 18.8 Å². The van der Waals surface area contributed by atoms with Gasteiger partial charge >= 0.3 is 0 Å². The van der Waals surface area contributed by atoms with Gasteiger partial charge in [0.25, 0.3) is 0 Å². The van der Waals surface area contributed by atoms with E-state index in [2.05, 4.69) is 5.10 Å². The van der Waals surface area contributed by atoms with Crippen molar-refractivity contribution in [1.29, 1.82) is 4.78 Å². The fourth-order valence-corrected chi connectivity index (χ4v) is 1.07. The monoisotopic (exact) mass is 176 g/mol. The highest BCUT2D eigenvalue weighted by molar-refractivity contribution is 7.90. The highest BCUT2D eigenvalue weighted by atomic mass is 32.2. The molecule has 1 heterocycles. The second-order valence-corrected chi connectivity index (χ2v) is 3.56. The maximum Gasteiger partial charge on any atom is 0.172 e. The van der Waals surface area contributed by atoms with Gasteiger partial charge in [-0.1, -0.05) is 0 Å². The fraction of sp³-hybridized carbons (Fsp3) is 0.250. The predicted molar refractivity (Wildman–Crippen MR) is 37.8 cm³/mol. The number of aliphatic hydroxyl groups excluding tert-OH is 1. The lowest BCUT2D eigenvalue weighted by molar-refractivity contribution is 0.193. The first-order valence-electron chi connectivity index (χ1n) is 2.75. The summed E-state index contributed by atoms with van der Waals surface area (Å²) in [6.45, 7) is -0.310. The van der Waals surface area contributed by atoms with Crippen molar-refractivity contribution in [2.75, 3.05) is 0 Å². The van der Waals surface area contributed by atoms with Crippen LogP contribution < -0.4 is 5.14 Å². The summed E-state index contributed by atoms with van der Waals surface area (Å²) >= 11 is 0. The molecule has 4 N–H and O–H groups in total. The standard InChI is InChI=1S/C4H8N4O2S/c5-11(6,10)4-1-2-8(3-9)7-4/h1-2,9H,3H2,(H3,5,6,10). The fourth-order valence-electron chi connectivity index (χ4n) is 0.584. The van der Waals surface area contributed by atoms with E-state index in [9.17, 15) is 4.21 Å². The van der Waals surface area contributed by atoms with Gasteiger partial charge in [0.1, 0.15) is 6.73 Å². The van der Waals surface area contributed by atoms with Crippen molar-refractivity contribution in [3.63, 3.8) is 0 Å². The van der Waals surface area contributed by atoms with E-state index in [1.165, 1.54) is 12.3 Å². The Morgan fingerprint density at radius 3 is 2.82 bits per heavy atom. The van der Waals surface area contributed by atoms with Crippen LogP contribution in [0.3, 0.4) is 0 Å². The largest absolute Gasteiger partial charge is 0.374 e. The first-order chi connectivity index (χ1) is 5.04. The SMILES string of the molecule is N=S(N)(=O)c1ccn(CO)n1. The second kappa shape index (κ2) is 2.61. The van der Waals surface area contributed by atoms with Crippen LogP contribution in [0, 0.1) is 4.78 Å². The van der Waals surface area contributed by atoms with Crippen molar-refractivity contribution in [2.24, 2.45) is 5.14 Å². The van der Waals surface area contributed by atoms with Crippen LogP contribution in [0.15, 0.2) is 17.3 Å². The Bertz CT molecular complexity index is 341. The number of hydrogen-bond acceptors (Lipinski definition) is 4. The normalized spacial score (nSPS) is 16.2. The minimum atomic E-state index is -3.24. The zero-order valence-electron chi connectivity index (χ0n) is 5.60. The summed E-state index contributed by atoms with van der Waals surface area (Å²) < 4.78 is 18.8. The van der Waals surface area contributed by atoms with Crippen molar-refractivity contribution >= 4 is 9.92 Å². The molecule has 0 spiro atoms. The second-order valence-electron chi connectivity index (χ2n) is 1.94. The first kappa shape index (κ1) is 8.18. The lowest BCUT2D eigenvalue weighted by atomic mass is 10.7. The molecule has 0 aliphatic heterocycles. The van der Waals surface area contributed by atoms with Crippen LogP contribution in [0.1, 0.15) is 0 Å². The van der Waals surface area contributed by atoms with Crippen molar-refractivity contribution in [1.82, 2.24) is 9.78 Å². The van der Waals surface area contributed by atoms with Crippen LogP contribution in [-0.2, 0) is 16.6 Å². The molecule has 0 bridgehead atoms. The number of aromatic nitrogens is 2. The predicted octanol–water partition coefficient (Wildman–Crippen LogP) is -0.888. The topological polar surface area (TPSA) is 105 Å². The highest BCUT2D eigenvalue weighted by Gasteiger charge is 2.06. The minimum Gasteiger partial charge on any atom is -0.374 e. The van der Waals surface area contributed by atoms with Gasteiger partial charge in [-0.3, -0.25) is 0 Å². The molecule has 1 unspecified atom stereocenters. The molecular formula is C4H8N4O2S. The Kier molecular flexibility index (Phi) is 1.94. The van der Waals surface area contributed by atoms with Crippen molar-refractivity contribution in [2.45, 2.75) is 11.8 Å². The average molecular weight is 176 g/mol. The summed E-state index contributed by atoms with van der Waals surface area (Å²) in [5.41, 5.74) is 0. The Hall–Kier alpha value is -0.920. The van der Waals surface area contributed by atoms with Gasteiger partial charge in [0.15, 0.2) is 14.9 Å². The molecule has 11 heavy (non-hydrogen) atoms. The molecule has 0 fully saturated rings. The Labute approximate surface area is 63.7 Å². The summed E-state index contributed by atoms with van der Waals surface area (Å²) in [7, 11) is -3.24. The molecule has 62 valence electrons. The summed E-state index contributed by atoms with van der Waals surface area (Å²) in [6, 6.07) is 1.34. The summed E-state index contributed by atoms with van der Waals surface area (Å²) in [4.78, 5) is 0. The molecule has 0 aliphatic carbocycles. The first-order valence-corrected chi connectivity index (χ1v) is 4.37. The summed E-state index contributed by atoms with van der Waals surface area (Å²) in [6.07, 6.45) is 1.40. The van der Waals surface area contributed by atoms with Crippen molar-refractivity contribution < 1.29 is 9.32 Å². The van der Waals surface area contributed by atoms with Gasteiger partial charge in [0.2, 0.25) is 0 Å². The molecule has 0 radical (unpaired) electrons. The zero-order chi connectivity index (χ0) is 8.48. The van der Waals surface area contributed by atoms with Gasteiger partial charge in [-0.2, -0.15) is 5.10 Å². The Balaban J connectivity index is 3.09. The van der Waals surface area contributed by atoms with Gasteiger partial charge in [0.05, 0.1) is 0 Å². The minimum absolute atomic E-state index is 0.0217. The number of hydrogen-bond donors (Lipinski definition) is 3. The molecule has 6 nitrogen and oxygen atoms in total. The van der Waals surface area contributed by atoms with E-state index < -0.39 is 9.92 Å². The van der Waals surface area contributed by atoms with E-state index in [0.717, 1.165) is 4.68 Å². The maximum atomic E-state index is 10.8. The molecule has 0 aliphatic rings. The lowest BCUT2D eigenvalue weighted by Gasteiger charge is -1.93. The van der Waals surface area contributed by atoms with E-state index in [0.29, 0.717) is 0 Å². The molecule has 0 amide bonds.